The van der Waals surface area contributed by atoms with Gasteiger partial charge in [-0.3, -0.25) is 24.0 Å². The highest BCUT2D eigenvalue weighted by atomic mass is 16.2. The quantitative estimate of drug-likeness (QED) is 0.644. The van der Waals surface area contributed by atoms with E-state index in [0.717, 1.165) is 58.2 Å². The van der Waals surface area contributed by atoms with Gasteiger partial charge in [0.1, 0.15) is 11.2 Å². The van der Waals surface area contributed by atoms with Gasteiger partial charge in [-0.05, 0) is 38.2 Å². The highest BCUT2D eigenvalue weighted by molar-refractivity contribution is 6.01. The van der Waals surface area contributed by atoms with Crippen LogP contribution in [0.4, 0.5) is 0 Å². The first kappa shape index (κ1) is 24.5. The van der Waals surface area contributed by atoms with Crippen LogP contribution >= 0.6 is 0 Å². The van der Waals surface area contributed by atoms with Crippen LogP contribution in [0.5, 0.6) is 0 Å². The Morgan fingerprint density at radius 1 is 1.03 bits per heavy atom. The summed E-state index contributed by atoms with van der Waals surface area (Å²) in [6.07, 6.45) is 5.92. The van der Waals surface area contributed by atoms with Gasteiger partial charge in [0.15, 0.2) is 5.69 Å². The maximum Gasteiger partial charge on any atom is 0.272 e. The molecule has 0 bridgehead atoms. The summed E-state index contributed by atoms with van der Waals surface area (Å²) in [5.41, 5.74) is 0.797. The molecule has 0 spiro atoms. The van der Waals surface area contributed by atoms with Crippen molar-refractivity contribution in [3.63, 3.8) is 0 Å². The molecule has 2 N–H and O–H groups in total. The summed E-state index contributed by atoms with van der Waals surface area (Å²) in [7, 11) is 1.65. The van der Waals surface area contributed by atoms with Gasteiger partial charge in [0.05, 0.1) is 6.54 Å². The zero-order valence-electron chi connectivity index (χ0n) is 21.2. The van der Waals surface area contributed by atoms with E-state index >= 15 is 0 Å². The molecule has 9 heteroatoms. The minimum absolute atomic E-state index is 0.0732. The van der Waals surface area contributed by atoms with Crippen molar-refractivity contribution < 1.29 is 14.4 Å². The van der Waals surface area contributed by atoms with Gasteiger partial charge in [-0.2, -0.15) is 5.10 Å². The average molecular weight is 493 g/mol. The lowest BCUT2D eigenvalue weighted by Gasteiger charge is -2.41. The van der Waals surface area contributed by atoms with Crippen molar-refractivity contribution in [2.24, 2.45) is 0 Å². The second-order valence-electron chi connectivity index (χ2n) is 10.7. The summed E-state index contributed by atoms with van der Waals surface area (Å²) in [4.78, 5) is 43.2. The van der Waals surface area contributed by atoms with Crippen molar-refractivity contribution in [2.75, 3.05) is 20.1 Å². The number of carbonyl (C=O) groups excluding carboxylic acids is 3. The number of likely N-dealkylation sites (tertiary alicyclic amines) is 1. The first-order chi connectivity index (χ1) is 17.3. The lowest BCUT2D eigenvalue weighted by molar-refractivity contribution is -0.133. The summed E-state index contributed by atoms with van der Waals surface area (Å²) in [6, 6.07) is 12.2. The lowest BCUT2D eigenvalue weighted by Crippen LogP contribution is -2.63. The first-order valence-corrected chi connectivity index (χ1v) is 13.1. The topological polar surface area (TPSA) is 99.6 Å². The number of rotatable bonds is 6. The third kappa shape index (κ3) is 4.89. The predicted molar refractivity (Wildman–Crippen MR) is 135 cm³/mol. The maximum absolute atomic E-state index is 13.2. The molecule has 1 unspecified atom stereocenters. The van der Waals surface area contributed by atoms with Gasteiger partial charge in [-0.25, -0.2) is 0 Å². The van der Waals surface area contributed by atoms with Crippen LogP contribution in [0.2, 0.25) is 0 Å². The van der Waals surface area contributed by atoms with E-state index in [2.05, 4.69) is 44.9 Å². The number of amides is 3. The van der Waals surface area contributed by atoms with Crippen molar-refractivity contribution in [1.29, 1.82) is 0 Å². The molecular weight excluding hydrogens is 456 g/mol. The second kappa shape index (κ2) is 10.0. The van der Waals surface area contributed by atoms with Gasteiger partial charge in [-0.1, -0.05) is 43.2 Å². The van der Waals surface area contributed by atoms with Gasteiger partial charge in [0.2, 0.25) is 5.91 Å². The van der Waals surface area contributed by atoms with Crippen molar-refractivity contribution in [3.8, 4) is 0 Å². The highest BCUT2D eigenvalue weighted by Gasteiger charge is 2.47. The van der Waals surface area contributed by atoms with Crippen molar-refractivity contribution in [2.45, 2.75) is 76.2 Å². The minimum Gasteiger partial charge on any atom is -0.351 e. The Morgan fingerprint density at radius 3 is 2.39 bits per heavy atom. The number of hydrogen-bond donors (Lipinski definition) is 2. The van der Waals surface area contributed by atoms with Crippen LogP contribution in [-0.4, -0.2) is 75.1 Å². The molecule has 1 saturated heterocycles. The maximum atomic E-state index is 13.2. The van der Waals surface area contributed by atoms with Crippen molar-refractivity contribution in [3.05, 3.63) is 53.3 Å². The van der Waals surface area contributed by atoms with Crippen LogP contribution in [-0.2, 0) is 17.9 Å². The predicted octanol–water partition coefficient (Wildman–Crippen LogP) is 2.18. The molecule has 3 amide bonds. The van der Waals surface area contributed by atoms with Gasteiger partial charge < -0.3 is 15.5 Å². The molecule has 9 nitrogen and oxygen atoms in total. The molecular formula is C27H36N6O3. The van der Waals surface area contributed by atoms with E-state index in [4.69, 9.17) is 0 Å². The lowest BCUT2D eigenvalue weighted by atomic mass is 9.95. The van der Waals surface area contributed by atoms with Crippen LogP contribution in [0, 0.1) is 0 Å². The van der Waals surface area contributed by atoms with E-state index in [9.17, 15) is 14.4 Å². The van der Waals surface area contributed by atoms with E-state index in [1.54, 1.807) is 20.0 Å². The molecule has 2 aliphatic heterocycles. The number of hydrogen-bond acceptors (Lipinski definition) is 5. The van der Waals surface area contributed by atoms with E-state index in [1.165, 1.54) is 15.1 Å². The van der Waals surface area contributed by atoms with E-state index in [-0.39, 0.29) is 42.0 Å². The third-order valence-electron chi connectivity index (χ3n) is 8.09. The van der Waals surface area contributed by atoms with Crippen LogP contribution in [0.3, 0.4) is 0 Å². The number of piperidine rings is 1. The highest BCUT2D eigenvalue weighted by Crippen LogP contribution is 2.27. The van der Waals surface area contributed by atoms with Crippen LogP contribution in [0.1, 0.15) is 72.0 Å². The molecule has 3 heterocycles. The van der Waals surface area contributed by atoms with Crippen LogP contribution in [0.15, 0.2) is 36.4 Å². The number of nitrogens with zero attached hydrogens (tertiary/aromatic N) is 4. The summed E-state index contributed by atoms with van der Waals surface area (Å²) < 4.78 is 1.52. The van der Waals surface area contributed by atoms with E-state index < -0.39 is 5.54 Å². The summed E-state index contributed by atoms with van der Waals surface area (Å²) in [5, 5.41) is 10.7. The number of benzene rings is 1. The molecule has 1 aliphatic carbocycles. The standard InChI is InChI=1S/C27H36N6O3/c1-27(26(36)29-20-10-6-7-11-20)18-33-23(25(35)31(27)2)16-22(30-33)24(34)28-21-12-14-32(15-13-21)17-19-8-4-3-5-9-19/h3-5,8-9,16,20-21H,6-7,10-15,17-18H2,1-2H3,(H,28,34)(H,29,36). The molecule has 1 aromatic heterocycles. The fourth-order valence-corrected chi connectivity index (χ4v) is 5.59. The molecule has 192 valence electrons. The number of nitrogens with one attached hydrogen (secondary N) is 2. The van der Waals surface area contributed by atoms with Crippen LogP contribution < -0.4 is 10.6 Å². The molecule has 0 radical (unpaired) electrons. The average Bonchev–Trinajstić information content (AvgIpc) is 3.54. The number of fused-ring (bicyclic) bond motifs is 1. The fourth-order valence-electron chi connectivity index (χ4n) is 5.59. The molecule has 3 aliphatic rings. The first-order valence-electron chi connectivity index (χ1n) is 13.1. The van der Waals surface area contributed by atoms with E-state index in [1.807, 2.05) is 6.07 Å². The summed E-state index contributed by atoms with van der Waals surface area (Å²) in [6.45, 7) is 4.73. The van der Waals surface area contributed by atoms with Crippen molar-refractivity contribution >= 4 is 17.7 Å². The molecule has 1 saturated carbocycles. The van der Waals surface area contributed by atoms with E-state index in [0.29, 0.717) is 5.69 Å². The van der Waals surface area contributed by atoms with Crippen LogP contribution in [0.25, 0.3) is 0 Å². The normalized spacial score (nSPS) is 23.5. The third-order valence-corrected chi connectivity index (χ3v) is 8.09. The fraction of sp³-hybridized carbons (Fsp3) is 0.556. The van der Waals surface area contributed by atoms with Gasteiger partial charge in [0, 0.05) is 44.8 Å². The number of aromatic nitrogens is 2. The Morgan fingerprint density at radius 2 is 1.69 bits per heavy atom. The van der Waals surface area contributed by atoms with Gasteiger partial charge in [0.25, 0.3) is 11.8 Å². The Hall–Kier alpha value is -3.20. The Balaban J connectivity index is 1.20. The number of likely N-dealkylation sites (N-methyl/N-ethyl adjacent to an activating group) is 1. The molecule has 2 fully saturated rings. The van der Waals surface area contributed by atoms with Crippen molar-refractivity contribution in [1.82, 2.24) is 30.2 Å². The molecule has 1 aromatic carbocycles. The zero-order chi connectivity index (χ0) is 25.3. The number of carbonyl (C=O) groups is 3. The minimum atomic E-state index is -1.06. The zero-order valence-corrected chi connectivity index (χ0v) is 21.2. The molecule has 2 aromatic rings. The van der Waals surface area contributed by atoms with Gasteiger partial charge >= 0.3 is 0 Å². The molecule has 36 heavy (non-hydrogen) atoms. The summed E-state index contributed by atoms with van der Waals surface area (Å²) in [5.74, 6) is -0.739. The molecule has 1 atom stereocenters. The van der Waals surface area contributed by atoms with Gasteiger partial charge in [-0.15, -0.1) is 0 Å². The summed E-state index contributed by atoms with van der Waals surface area (Å²) >= 11 is 0. The smallest absolute Gasteiger partial charge is 0.272 e. The Kier molecular flexibility index (Phi) is 6.83. The Labute approximate surface area is 212 Å². The molecule has 5 rings (SSSR count). The second-order valence-corrected chi connectivity index (χ2v) is 10.7. The SMILES string of the molecule is CN1C(=O)c2cc(C(=O)NC3CCN(Cc4ccccc4)CC3)nn2CC1(C)C(=O)NC1CCCC1. The monoisotopic (exact) mass is 492 g/mol. The Bertz CT molecular complexity index is 1120. The largest absolute Gasteiger partial charge is 0.351 e.